The number of carbonyl (C=O) groups excluding carboxylic acids is 1. The molecule has 1 aliphatic heterocycles. The average molecular weight is 358 g/mol. The van der Waals surface area contributed by atoms with Gasteiger partial charge in [0.15, 0.2) is 0 Å². The molecule has 132 valence electrons. The van der Waals surface area contributed by atoms with Crippen molar-refractivity contribution in [3.8, 4) is 0 Å². The summed E-state index contributed by atoms with van der Waals surface area (Å²) >= 11 is 1.52. The number of nitrogens with one attached hydrogen (secondary N) is 1. The summed E-state index contributed by atoms with van der Waals surface area (Å²) in [6.07, 6.45) is 1.48. The molecule has 0 radical (unpaired) electrons. The standard InChI is InChI=1S/C18H22N4O2S/c1-12-11-25-16(20-12)21-19-8-13-5-6-14-9-22(10-15(14)7-13)17(23)24-18(2,3)4/h5-8,11H,9-10H2,1-4H3,(H,20,21). The molecule has 1 amide bonds. The van der Waals surface area contributed by atoms with Crippen LogP contribution in [0.5, 0.6) is 0 Å². The Kier molecular flexibility index (Phi) is 4.76. The number of aryl methyl sites for hydroxylation is 1. The van der Waals surface area contributed by atoms with Crippen molar-refractivity contribution in [2.75, 3.05) is 5.43 Å². The van der Waals surface area contributed by atoms with Crippen molar-refractivity contribution in [2.24, 2.45) is 5.10 Å². The summed E-state index contributed by atoms with van der Waals surface area (Å²) in [7, 11) is 0. The smallest absolute Gasteiger partial charge is 0.410 e. The van der Waals surface area contributed by atoms with Crippen LogP contribution in [0.3, 0.4) is 0 Å². The first-order valence-electron chi connectivity index (χ1n) is 8.11. The van der Waals surface area contributed by atoms with Gasteiger partial charge in [0.1, 0.15) is 5.60 Å². The lowest BCUT2D eigenvalue weighted by molar-refractivity contribution is 0.0242. The fourth-order valence-electron chi connectivity index (χ4n) is 2.52. The van der Waals surface area contributed by atoms with Crippen LogP contribution >= 0.6 is 11.3 Å². The topological polar surface area (TPSA) is 66.8 Å². The van der Waals surface area contributed by atoms with Crippen LogP contribution in [0.2, 0.25) is 0 Å². The maximum atomic E-state index is 12.2. The van der Waals surface area contributed by atoms with Gasteiger partial charge in [0.2, 0.25) is 5.13 Å². The highest BCUT2D eigenvalue weighted by atomic mass is 32.1. The van der Waals surface area contributed by atoms with E-state index in [-0.39, 0.29) is 6.09 Å². The Hall–Kier alpha value is -2.41. The lowest BCUT2D eigenvalue weighted by Crippen LogP contribution is -2.33. The van der Waals surface area contributed by atoms with Crippen LogP contribution in [0.25, 0.3) is 0 Å². The first kappa shape index (κ1) is 17.4. The van der Waals surface area contributed by atoms with Gasteiger partial charge in [-0.2, -0.15) is 5.10 Å². The molecular weight excluding hydrogens is 336 g/mol. The number of anilines is 1. The Balaban J connectivity index is 1.63. The summed E-state index contributed by atoms with van der Waals surface area (Å²) in [4.78, 5) is 18.2. The molecule has 2 aromatic rings. The number of rotatable bonds is 3. The number of hydrazone groups is 1. The number of hydrogen-bond donors (Lipinski definition) is 1. The summed E-state index contributed by atoms with van der Waals surface area (Å²) in [6.45, 7) is 8.71. The van der Waals surface area contributed by atoms with Crippen molar-refractivity contribution in [3.63, 3.8) is 0 Å². The van der Waals surface area contributed by atoms with Crippen LogP contribution in [0.4, 0.5) is 9.93 Å². The monoisotopic (exact) mass is 358 g/mol. The molecule has 0 fully saturated rings. The van der Waals surface area contributed by atoms with E-state index in [9.17, 15) is 4.79 Å². The van der Waals surface area contributed by atoms with Crippen molar-refractivity contribution in [2.45, 2.75) is 46.4 Å². The van der Waals surface area contributed by atoms with Crippen LogP contribution < -0.4 is 5.43 Å². The highest BCUT2D eigenvalue weighted by molar-refractivity contribution is 7.13. The molecule has 0 unspecified atom stereocenters. The quantitative estimate of drug-likeness (QED) is 0.661. The minimum absolute atomic E-state index is 0.278. The molecule has 3 rings (SSSR count). The molecule has 1 N–H and O–H groups in total. The zero-order valence-electron chi connectivity index (χ0n) is 14.9. The van der Waals surface area contributed by atoms with Gasteiger partial charge in [0.25, 0.3) is 0 Å². The lowest BCUT2D eigenvalue weighted by atomic mass is 10.1. The van der Waals surface area contributed by atoms with E-state index < -0.39 is 5.60 Å². The highest BCUT2D eigenvalue weighted by Gasteiger charge is 2.27. The van der Waals surface area contributed by atoms with Gasteiger partial charge in [-0.25, -0.2) is 9.78 Å². The Morgan fingerprint density at radius 3 is 2.80 bits per heavy atom. The van der Waals surface area contributed by atoms with Crippen LogP contribution in [-0.2, 0) is 17.8 Å². The number of thiazole rings is 1. The molecule has 0 aliphatic carbocycles. The molecule has 25 heavy (non-hydrogen) atoms. The van der Waals surface area contributed by atoms with Crippen molar-refractivity contribution < 1.29 is 9.53 Å². The second-order valence-electron chi connectivity index (χ2n) is 7.03. The summed E-state index contributed by atoms with van der Waals surface area (Å²) in [5, 5.41) is 6.96. The average Bonchev–Trinajstić information content (AvgIpc) is 3.11. The first-order valence-corrected chi connectivity index (χ1v) is 8.99. The maximum absolute atomic E-state index is 12.2. The van der Waals surface area contributed by atoms with E-state index in [0.29, 0.717) is 13.1 Å². The Labute approximate surface area is 151 Å². The number of nitrogens with zero attached hydrogens (tertiary/aromatic N) is 3. The number of amides is 1. The van der Waals surface area contributed by atoms with Gasteiger partial charge in [-0.3, -0.25) is 10.3 Å². The molecule has 1 aromatic carbocycles. The second-order valence-corrected chi connectivity index (χ2v) is 7.89. The third-order valence-electron chi connectivity index (χ3n) is 3.60. The number of carbonyl (C=O) groups is 1. The normalized spacial score (nSPS) is 14.0. The fourth-order valence-corrected chi connectivity index (χ4v) is 3.15. The van der Waals surface area contributed by atoms with E-state index >= 15 is 0 Å². The number of hydrogen-bond acceptors (Lipinski definition) is 6. The van der Waals surface area contributed by atoms with Gasteiger partial charge in [-0.1, -0.05) is 12.1 Å². The molecule has 0 saturated heterocycles. The molecule has 0 spiro atoms. The molecular formula is C18H22N4O2S. The molecule has 0 atom stereocenters. The zero-order valence-corrected chi connectivity index (χ0v) is 15.7. The van der Waals surface area contributed by atoms with Crippen molar-refractivity contribution in [3.05, 3.63) is 46.0 Å². The Bertz CT molecular complexity index is 808. The Morgan fingerprint density at radius 1 is 1.36 bits per heavy atom. The van der Waals surface area contributed by atoms with Crippen LogP contribution in [0.1, 0.15) is 43.2 Å². The summed E-state index contributed by atoms with van der Waals surface area (Å²) in [5.41, 5.74) is 6.67. The third kappa shape index (κ3) is 4.57. The molecule has 0 bridgehead atoms. The number of benzene rings is 1. The largest absolute Gasteiger partial charge is 0.444 e. The zero-order chi connectivity index (χ0) is 18.0. The number of ether oxygens (including phenoxy) is 1. The predicted octanol–water partition coefficient (Wildman–Crippen LogP) is 4.15. The van der Waals surface area contributed by atoms with E-state index in [1.54, 1.807) is 11.1 Å². The van der Waals surface area contributed by atoms with Gasteiger partial charge in [-0.15, -0.1) is 11.3 Å². The second kappa shape index (κ2) is 6.84. The van der Waals surface area contributed by atoms with Gasteiger partial charge >= 0.3 is 6.09 Å². The third-order valence-corrected chi connectivity index (χ3v) is 4.46. The van der Waals surface area contributed by atoms with Gasteiger partial charge in [0.05, 0.1) is 11.9 Å². The lowest BCUT2D eigenvalue weighted by Gasteiger charge is -2.24. The molecule has 1 aliphatic rings. The minimum Gasteiger partial charge on any atom is -0.444 e. The summed E-state index contributed by atoms with van der Waals surface area (Å²) in [6, 6.07) is 6.09. The van der Waals surface area contributed by atoms with Crippen LogP contribution in [0, 0.1) is 6.92 Å². The fraction of sp³-hybridized carbons (Fsp3) is 0.389. The van der Waals surface area contributed by atoms with E-state index in [4.69, 9.17) is 4.74 Å². The van der Waals surface area contributed by atoms with Crippen molar-refractivity contribution >= 4 is 28.8 Å². The van der Waals surface area contributed by atoms with E-state index in [1.165, 1.54) is 11.3 Å². The summed E-state index contributed by atoms with van der Waals surface area (Å²) < 4.78 is 5.44. The summed E-state index contributed by atoms with van der Waals surface area (Å²) in [5.74, 6) is 0. The van der Waals surface area contributed by atoms with E-state index in [2.05, 4.69) is 21.6 Å². The highest BCUT2D eigenvalue weighted by Crippen LogP contribution is 2.25. The molecule has 7 heteroatoms. The molecule has 2 heterocycles. The van der Waals surface area contributed by atoms with Crippen molar-refractivity contribution in [1.82, 2.24) is 9.88 Å². The van der Waals surface area contributed by atoms with Crippen LogP contribution in [-0.4, -0.2) is 27.8 Å². The van der Waals surface area contributed by atoms with Gasteiger partial charge in [0, 0.05) is 18.5 Å². The predicted molar refractivity (Wildman–Crippen MR) is 100.0 cm³/mol. The van der Waals surface area contributed by atoms with E-state index in [0.717, 1.165) is 27.5 Å². The number of fused-ring (bicyclic) bond motifs is 1. The maximum Gasteiger partial charge on any atom is 0.410 e. The number of aromatic nitrogens is 1. The molecule has 0 saturated carbocycles. The molecule has 6 nitrogen and oxygen atoms in total. The van der Waals surface area contributed by atoms with Gasteiger partial charge < -0.3 is 4.74 Å². The minimum atomic E-state index is -0.483. The SMILES string of the molecule is Cc1csc(NN=Cc2ccc3c(c2)CN(C(=O)OC(C)(C)C)C3)n1. The molecule has 1 aromatic heterocycles. The Morgan fingerprint density at radius 2 is 2.12 bits per heavy atom. The van der Waals surface area contributed by atoms with Crippen molar-refractivity contribution in [1.29, 1.82) is 0 Å². The van der Waals surface area contributed by atoms with Gasteiger partial charge in [-0.05, 0) is 50.5 Å². The van der Waals surface area contributed by atoms with E-state index in [1.807, 2.05) is 45.2 Å². The van der Waals surface area contributed by atoms with Crippen LogP contribution in [0.15, 0.2) is 28.7 Å². The first-order chi connectivity index (χ1) is 11.8.